The van der Waals surface area contributed by atoms with Gasteiger partial charge in [-0.1, -0.05) is 29.3 Å². The van der Waals surface area contributed by atoms with Crippen molar-refractivity contribution in [1.82, 2.24) is 14.0 Å². The van der Waals surface area contributed by atoms with Crippen molar-refractivity contribution in [2.24, 2.45) is 0 Å². The van der Waals surface area contributed by atoms with E-state index >= 15 is 0 Å². The maximum Gasteiger partial charge on any atom is 0.299 e. The quantitative estimate of drug-likeness (QED) is 0.518. The Hall–Kier alpha value is -2.30. The summed E-state index contributed by atoms with van der Waals surface area (Å²) >= 11 is 12.4. The second-order valence-electron chi connectivity index (χ2n) is 5.28. The molecule has 0 N–H and O–H groups in total. The lowest BCUT2D eigenvalue weighted by Gasteiger charge is -2.15. The molecule has 0 fully saturated rings. The van der Waals surface area contributed by atoms with E-state index in [-0.39, 0.29) is 5.56 Å². The van der Waals surface area contributed by atoms with Crippen LogP contribution in [-0.2, 0) is 0 Å². The van der Waals surface area contributed by atoms with Crippen LogP contribution in [0, 0.1) is 6.92 Å². The minimum atomic E-state index is -0.213. The van der Waals surface area contributed by atoms with Gasteiger partial charge in [0.1, 0.15) is 0 Å². The summed E-state index contributed by atoms with van der Waals surface area (Å²) in [5.74, 6) is 0. The molecule has 0 bridgehead atoms. The van der Waals surface area contributed by atoms with Crippen molar-refractivity contribution in [2.45, 2.75) is 6.92 Å². The van der Waals surface area contributed by atoms with Crippen molar-refractivity contribution in [1.29, 1.82) is 0 Å². The summed E-state index contributed by atoms with van der Waals surface area (Å²) in [5.41, 5.74) is 3.25. The number of benzene rings is 2. The van der Waals surface area contributed by atoms with Crippen molar-refractivity contribution in [3.05, 3.63) is 74.8 Å². The van der Waals surface area contributed by atoms with Crippen molar-refractivity contribution >= 4 is 39.9 Å². The summed E-state index contributed by atoms with van der Waals surface area (Å²) < 4.78 is 3.38. The van der Waals surface area contributed by atoms with E-state index in [0.717, 1.165) is 16.8 Å². The molecule has 0 unspecified atom stereocenters. The van der Waals surface area contributed by atoms with Gasteiger partial charge in [0, 0.05) is 22.4 Å². The van der Waals surface area contributed by atoms with E-state index in [9.17, 15) is 4.79 Å². The fraction of sp³-hybridized carbons (Fsp3) is 0.0588. The van der Waals surface area contributed by atoms with Crippen LogP contribution >= 0.6 is 23.2 Å². The predicted molar refractivity (Wildman–Crippen MR) is 93.1 cm³/mol. The van der Waals surface area contributed by atoms with Crippen molar-refractivity contribution in [3.8, 4) is 5.69 Å². The highest BCUT2D eigenvalue weighted by atomic mass is 35.5. The number of nitrogens with zero attached hydrogens (tertiary/aromatic N) is 3. The third kappa shape index (κ3) is 2.06. The minimum absolute atomic E-state index is 0.213. The monoisotopic (exact) mass is 343 g/mol. The van der Waals surface area contributed by atoms with Gasteiger partial charge < -0.3 is 0 Å². The lowest BCUT2D eigenvalue weighted by Crippen LogP contribution is -2.22. The zero-order valence-electron chi connectivity index (χ0n) is 12.1. The highest BCUT2D eigenvalue weighted by molar-refractivity contribution is 6.31. The Balaban J connectivity index is 2.28. The van der Waals surface area contributed by atoms with Crippen molar-refractivity contribution in [3.63, 3.8) is 0 Å². The third-order valence-corrected chi connectivity index (χ3v) is 4.60. The van der Waals surface area contributed by atoms with Crippen LogP contribution in [0.15, 0.2) is 53.6 Å². The first-order chi connectivity index (χ1) is 11.1. The van der Waals surface area contributed by atoms with Gasteiger partial charge >= 0.3 is 0 Å². The minimum Gasteiger partial charge on any atom is -0.294 e. The molecule has 0 aliphatic rings. The smallest absolute Gasteiger partial charge is 0.294 e. The Kier molecular flexibility index (Phi) is 3.18. The number of rotatable bonds is 1. The molecule has 2 aromatic carbocycles. The fourth-order valence-electron chi connectivity index (χ4n) is 2.82. The number of aromatic nitrogens is 3. The third-order valence-electron chi connectivity index (χ3n) is 3.95. The molecule has 4 rings (SSSR count). The highest BCUT2D eigenvalue weighted by Gasteiger charge is 2.15. The van der Waals surface area contributed by atoms with Crippen LogP contribution in [0.1, 0.15) is 5.56 Å². The van der Waals surface area contributed by atoms with E-state index in [0.29, 0.717) is 21.2 Å². The molecular weight excluding hydrogens is 333 g/mol. The first-order valence-electron chi connectivity index (χ1n) is 7.01. The summed E-state index contributed by atoms with van der Waals surface area (Å²) in [5, 5.41) is 1.16. The zero-order valence-corrected chi connectivity index (χ0v) is 13.6. The Bertz CT molecular complexity index is 1130. The Morgan fingerprint density at radius 2 is 1.91 bits per heavy atom. The van der Waals surface area contributed by atoms with Gasteiger partial charge in [-0.15, -0.1) is 0 Å². The molecule has 0 saturated heterocycles. The van der Waals surface area contributed by atoms with Gasteiger partial charge in [-0.05, 0) is 42.8 Å². The lowest BCUT2D eigenvalue weighted by atomic mass is 10.2. The molecule has 0 aliphatic heterocycles. The van der Waals surface area contributed by atoms with E-state index < -0.39 is 0 Å². The normalized spacial score (nSPS) is 11.4. The van der Waals surface area contributed by atoms with Crippen molar-refractivity contribution < 1.29 is 0 Å². The number of halogens is 2. The molecule has 114 valence electrons. The standard InChI is InChI=1S/C17H11Cl2N3O/c1-10-12(19)3-2-4-13(10)22-15-9-11(18)5-6-14(15)21-8-7-20-16(21)17(22)23/h2-9H,1H3. The molecule has 0 spiro atoms. The first kappa shape index (κ1) is 14.3. The number of hydrogen-bond donors (Lipinski definition) is 0. The van der Waals surface area contributed by atoms with Gasteiger partial charge in [0.2, 0.25) is 5.65 Å². The van der Waals surface area contributed by atoms with E-state index in [1.807, 2.05) is 25.1 Å². The highest BCUT2D eigenvalue weighted by Crippen LogP contribution is 2.26. The van der Waals surface area contributed by atoms with E-state index in [1.165, 1.54) is 0 Å². The Labute approximate surface area is 141 Å². The second-order valence-corrected chi connectivity index (χ2v) is 6.12. The predicted octanol–water partition coefficient (Wildman–Crippen LogP) is 4.25. The van der Waals surface area contributed by atoms with Gasteiger partial charge in [0.25, 0.3) is 5.56 Å². The summed E-state index contributed by atoms with van der Waals surface area (Å²) in [4.78, 5) is 17.2. The second kappa shape index (κ2) is 5.11. The van der Waals surface area contributed by atoms with E-state index in [2.05, 4.69) is 4.98 Å². The summed E-state index contributed by atoms with van der Waals surface area (Å²) in [6, 6.07) is 10.9. The lowest BCUT2D eigenvalue weighted by molar-refractivity contribution is 1.00. The average molecular weight is 344 g/mol. The average Bonchev–Trinajstić information content (AvgIpc) is 3.01. The molecule has 23 heavy (non-hydrogen) atoms. The van der Waals surface area contributed by atoms with Crippen LogP contribution in [0.4, 0.5) is 0 Å². The van der Waals surface area contributed by atoms with Gasteiger partial charge in [0.05, 0.1) is 16.7 Å². The molecule has 0 amide bonds. The number of imidazole rings is 1. The van der Waals surface area contributed by atoms with Crippen LogP contribution in [0.5, 0.6) is 0 Å². The summed E-state index contributed by atoms with van der Waals surface area (Å²) in [6.45, 7) is 1.89. The first-order valence-corrected chi connectivity index (χ1v) is 7.76. The molecule has 2 heterocycles. The SMILES string of the molecule is Cc1c(Cl)cccc1-n1c(=O)c2nccn2c2ccc(Cl)cc21. The summed E-state index contributed by atoms with van der Waals surface area (Å²) in [6.07, 6.45) is 3.38. The zero-order chi connectivity index (χ0) is 16.1. The molecule has 4 nitrogen and oxygen atoms in total. The molecule has 0 radical (unpaired) electrons. The maximum atomic E-state index is 13.0. The Morgan fingerprint density at radius 3 is 2.74 bits per heavy atom. The molecule has 0 saturated carbocycles. The molecule has 0 aliphatic carbocycles. The topological polar surface area (TPSA) is 39.3 Å². The van der Waals surface area contributed by atoms with Gasteiger partial charge in [0.15, 0.2) is 0 Å². The maximum absolute atomic E-state index is 13.0. The van der Waals surface area contributed by atoms with Crippen molar-refractivity contribution in [2.75, 3.05) is 0 Å². The molecule has 2 aromatic heterocycles. The van der Waals surface area contributed by atoms with E-state index in [1.54, 1.807) is 39.6 Å². The molecular formula is C17H11Cl2N3O. The van der Waals surface area contributed by atoms with Gasteiger partial charge in [-0.25, -0.2) is 4.98 Å². The molecule has 4 aromatic rings. The van der Waals surface area contributed by atoms with Crippen LogP contribution in [-0.4, -0.2) is 14.0 Å². The van der Waals surface area contributed by atoms with Crippen LogP contribution in [0.3, 0.4) is 0 Å². The number of fused-ring (bicyclic) bond motifs is 3. The number of hydrogen-bond acceptors (Lipinski definition) is 2. The fourth-order valence-corrected chi connectivity index (χ4v) is 3.16. The Morgan fingerprint density at radius 1 is 1.09 bits per heavy atom. The van der Waals surface area contributed by atoms with Crippen LogP contribution in [0.2, 0.25) is 10.0 Å². The van der Waals surface area contributed by atoms with E-state index in [4.69, 9.17) is 23.2 Å². The summed E-state index contributed by atoms with van der Waals surface area (Å²) in [7, 11) is 0. The molecule has 6 heteroatoms. The van der Waals surface area contributed by atoms with Crippen LogP contribution < -0.4 is 5.56 Å². The van der Waals surface area contributed by atoms with Gasteiger partial charge in [-0.3, -0.25) is 13.8 Å². The van der Waals surface area contributed by atoms with Gasteiger partial charge in [-0.2, -0.15) is 0 Å². The van der Waals surface area contributed by atoms with Crippen LogP contribution in [0.25, 0.3) is 22.4 Å². The largest absolute Gasteiger partial charge is 0.299 e. The molecule has 0 atom stereocenters.